The average molecular weight is 290 g/mol. The molecular formula is C17H26N2O2. The lowest BCUT2D eigenvalue weighted by atomic mass is 9.78. The van der Waals surface area contributed by atoms with Gasteiger partial charge >= 0.3 is 0 Å². The maximum absolute atomic E-state index is 10.6. The molecular weight excluding hydrogens is 264 g/mol. The smallest absolute Gasteiger partial charge is 0.269 e. The van der Waals surface area contributed by atoms with Crippen LogP contribution in [0.4, 0.5) is 5.69 Å². The van der Waals surface area contributed by atoms with E-state index < -0.39 is 0 Å². The topological polar surface area (TPSA) is 55.2 Å². The Balaban J connectivity index is 1.86. The van der Waals surface area contributed by atoms with Crippen LogP contribution in [0.1, 0.15) is 51.5 Å². The number of nitrogens with zero attached hydrogens (tertiary/aromatic N) is 1. The van der Waals surface area contributed by atoms with Crippen LogP contribution in [0.2, 0.25) is 0 Å². The number of hydrogen-bond donors (Lipinski definition) is 1. The van der Waals surface area contributed by atoms with E-state index in [-0.39, 0.29) is 10.6 Å². The quantitative estimate of drug-likeness (QED) is 0.602. The van der Waals surface area contributed by atoms with E-state index in [1.807, 2.05) is 12.1 Å². The molecule has 0 aliphatic heterocycles. The first-order valence-corrected chi connectivity index (χ1v) is 7.95. The Morgan fingerprint density at radius 1 is 1.24 bits per heavy atom. The summed E-state index contributed by atoms with van der Waals surface area (Å²) in [5.74, 6) is 0.740. The normalized spacial score (nSPS) is 17.3. The maximum atomic E-state index is 10.6. The van der Waals surface area contributed by atoms with Crippen molar-refractivity contribution in [2.45, 2.75) is 52.5 Å². The van der Waals surface area contributed by atoms with Gasteiger partial charge in [0.1, 0.15) is 0 Å². The summed E-state index contributed by atoms with van der Waals surface area (Å²) < 4.78 is 0. The van der Waals surface area contributed by atoms with E-state index in [9.17, 15) is 10.1 Å². The molecule has 0 amide bonds. The summed E-state index contributed by atoms with van der Waals surface area (Å²) in [7, 11) is 0. The summed E-state index contributed by atoms with van der Waals surface area (Å²) in [4.78, 5) is 10.3. The van der Waals surface area contributed by atoms with Crippen molar-refractivity contribution in [3.8, 4) is 0 Å². The molecule has 0 atom stereocenters. The number of nitro groups is 1. The standard InChI is InChI=1S/C17H26N2O2/c1-14(2)11-17(9-3-4-10-17)13-18-12-15-5-7-16(8-6-15)19(20)21/h5-8,14,18H,3-4,9-13H2,1-2H3. The average Bonchev–Trinajstić information content (AvgIpc) is 2.87. The van der Waals surface area contributed by atoms with E-state index in [1.54, 1.807) is 12.1 Å². The van der Waals surface area contributed by atoms with Crippen LogP contribution in [0, 0.1) is 21.4 Å². The Hall–Kier alpha value is -1.42. The fourth-order valence-corrected chi connectivity index (χ4v) is 3.65. The number of benzene rings is 1. The monoisotopic (exact) mass is 290 g/mol. The van der Waals surface area contributed by atoms with Gasteiger partial charge < -0.3 is 5.32 Å². The number of nitro benzene ring substituents is 1. The van der Waals surface area contributed by atoms with Crippen LogP contribution < -0.4 is 5.32 Å². The Kier molecular flexibility index (Phi) is 5.34. The molecule has 0 radical (unpaired) electrons. The van der Waals surface area contributed by atoms with E-state index in [4.69, 9.17) is 0 Å². The zero-order chi connectivity index (χ0) is 15.3. The minimum Gasteiger partial charge on any atom is -0.312 e. The second-order valence-electron chi connectivity index (χ2n) is 6.83. The predicted octanol–water partition coefficient (Wildman–Crippen LogP) is 4.29. The van der Waals surface area contributed by atoms with Crippen LogP contribution in [0.15, 0.2) is 24.3 Å². The molecule has 1 saturated carbocycles. The van der Waals surface area contributed by atoms with Crippen LogP contribution in [-0.2, 0) is 6.54 Å². The third-order valence-electron chi connectivity index (χ3n) is 4.48. The van der Waals surface area contributed by atoms with Gasteiger partial charge in [0.05, 0.1) is 4.92 Å². The fourth-order valence-electron chi connectivity index (χ4n) is 3.65. The van der Waals surface area contributed by atoms with Gasteiger partial charge in [-0.05, 0) is 36.2 Å². The van der Waals surface area contributed by atoms with E-state index in [1.165, 1.54) is 32.1 Å². The molecule has 0 bridgehead atoms. The van der Waals surface area contributed by atoms with Crippen LogP contribution >= 0.6 is 0 Å². The van der Waals surface area contributed by atoms with Crippen molar-refractivity contribution >= 4 is 5.69 Å². The number of nitrogens with one attached hydrogen (secondary N) is 1. The largest absolute Gasteiger partial charge is 0.312 e. The van der Waals surface area contributed by atoms with Gasteiger partial charge in [0.25, 0.3) is 5.69 Å². The molecule has 1 aliphatic rings. The van der Waals surface area contributed by atoms with Crippen molar-refractivity contribution in [3.05, 3.63) is 39.9 Å². The van der Waals surface area contributed by atoms with Crippen LogP contribution in [-0.4, -0.2) is 11.5 Å². The van der Waals surface area contributed by atoms with Crippen molar-refractivity contribution in [2.75, 3.05) is 6.54 Å². The van der Waals surface area contributed by atoms with Crippen LogP contribution in [0.25, 0.3) is 0 Å². The van der Waals surface area contributed by atoms with Crippen molar-refractivity contribution in [3.63, 3.8) is 0 Å². The molecule has 1 aromatic rings. The molecule has 1 aliphatic carbocycles. The predicted molar refractivity (Wildman–Crippen MR) is 85.2 cm³/mol. The summed E-state index contributed by atoms with van der Waals surface area (Å²) in [5.41, 5.74) is 1.73. The van der Waals surface area contributed by atoms with E-state index in [0.717, 1.165) is 24.6 Å². The van der Waals surface area contributed by atoms with Crippen molar-refractivity contribution < 1.29 is 4.92 Å². The summed E-state index contributed by atoms with van der Waals surface area (Å²) in [6, 6.07) is 6.84. The molecule has 116 valence electrons. The Morgan fingerprint density at radius 2 is 1.86 bits per heavy atom. The molecule has 0 heterocycles. The lowest BCUT2D eigenvalue weighted by molar-refractivity contribution is -0.384. The zero-order valence-corrected chi connectivity index (χ0v) is 13.1. The minimum atomic E-state index is -0.354. The van der Waals surface area contributed by atoms with Gasteiger partial charge in [0.15, 0.2) is 0 Å². The molecule has 21 heavy (non-hydrogen) atoms. The Morgan fingerprint density at radius 3 is 2.38 bits per heavy atom. The highest BCUT2D eigenvalue weighted by atomic mass is 16.6. The van der Waals surface area contributed by atoms with E-state index in [0.29, 0.717) is 5.41 Å². The highest BCUT2D eigenvalue weighted by Crippen LogP contribution is 2.42. The molecule has 4 heteroatoms. The third-order valence-corrected chi connectivity index (χ3v) is 4.48. The van der Waals surface area contributed by atoms with Gasteiger partial charge in [-0.1, -0.05) is 38.8 Å². The van der Waals surface area contributed by atoms with Crippen LogP contribution in [0.3, 0.4) is 0 Å². The first kappa shape index (κ1) is 16.0. The Bertz CT molecular complexity index is 462. The first-order chi connectivity index (χ1) is 10.0. The van der Waals surface area contributed by atoms with Gasteiger partial charge in [-0.15, -0.1) is 0 Å². The number of hydrogen-bond acceptors (Lipinski definition) is 3. The minimum absolute atomic E-state index is 0.158. The van der Waals surface area contributed by atoms with Crippen LogP contribution in [0.5, 0.6) is 0 Å². The summed E-state index contributed by atoms with van der Waals surface area (Å²) in [6.07, 6.45) is 6.66. The van der Waals surface area contributed by atoms with Gasteiger partial charge in [-0.2, -0.15) is 0 Å². The lowest BCUT2D eigenvalue weighted by Gasteiger charge is -2.31. The lowest BCUT2D eigenvalue weighted by Crippen LogP contribution is -2.33. The number of non-ortho nitro benzene ring substituents is 1. The number of rotatable bonds is 7. The highest BCUT2D eigenvalue weighted by Gasteiger charge is 2.33. The molecule has 4 nitrogen and oxygen atoms in total. The molecule has 1 N–H and O–H groups in total. The maximum Gasteiger partial charge on any atom is 0.269 e. The van der Waals surface area contributed by atoms with Crippen molar-refractivity contribution in [2.24, 2.45) is 11.3 Å². The summed E-state index contributed by atoms with van der Waals surface area (Å²) in [5, 5.41) is 14.2. The summed E-state index contributed by atoms with van der Waals surface area (Å²) >= 11 is 0. The van der Waals surface area contributed by atoms with E-state index in [2.05, 4.69) is 19.2 Å². The molecule has 0 aromatic heterocycles. The second-order valence-corrected chi connectivity index (χ2v) is 6.83. The van der Waals surface area contributed by atoms with Gasteiger partial charge in [0.2, 0.25) is 0 Å². The van der Waals surface area contributed by atoms with Crippen molar-refractivity contribution in [1.29, 1.82) is 0 Å². The first-order valence-electron chi connectivity index (χ1n) is 7.95. The molecule has 0 spiro atoms. The highest BCUT2D eigenvalue weighted by molar-refractivity contribution is 5.32. The molecule has 1 fully saturated rings. The summed E-state index contributed by atoms with van der Waals surface area (Å²) in [6.45, 7) is 6.45. The molecule has 0 unspecified atom stereocenters. The van der Waals surface area contributed by atoms with Gasteiger partial charge in [0, 0.05) is 25.2 Å². The molecule has 2 rings (SSSR count). The molecule has 0 saturated heterocycles. The second kappa shape index (κ2) is 7.03. The zero-order valence-electron chi connectivity index (χ0n) is 13.1. The van der Waals surface area contributed by atoms with E-state index >= 15 is 0 Å². The third kappa shape index (κ3) is 4.53. The SMILES string of the molecule is CC(C)CC1(CNCc2ccc([N+](=O)[O-])cc2)CCCC1. The van der Waals surface area contributed by atoms with Gasteiger partial charge in [-0.25, -0.2) is 0 Å². The van der Waals surface area contributed by atoms with Crippen molar-refractivity contribution in [1.82, 2.24) is 5.32 Å². The van der Waals surface area contributed by atoms with Gasteiger partial charge in [-0.3, -0.25) is 10.1 Å². The Labute approximate surface area is 127 Å². The fraction of sp³-hybridized carbons (Fsp3) is 0.647. The molecule has 1 aromatic carbocycles.